The molecule has 6 nitrogen and oxygen atoms in total. The highest BCUT2D eigenvalue weighted by molar-refractivity contribution is 7.09. The van der Waals surface area contributed by atoms with Gasteiger partial charge < -0.3 is 10.4 Å². The topological polar surface area (TPSA) is 92.5 Å². The second-order valence-corrected chi connectivity index (χ2v) is 5.20. The molecule has 1 aromatic carbocycles. The molecular formula is C13H12N2O4S. The van der Waals surface area contributed by atoms with Crippen LogP contribution < -0.4 is 5.32 Å². The molecule has 0 spiro atoms. The molecule has 0 aliphatic heterocycles. The zero-order valence-electron chi connectivity index (χ0n) is 10.6. The molecule has 1 aromatic heterocycles. The summed E-state index contributed by atoms with van der Waals surface area (Å²) in [5.74, 6) is -1.19. The Morgan fingerprint density at radius 3 is 2.80 bits per heavy atom. The summed E-state index contributed by atoms with van der Waals surface area (Å²) in [7, 11) is 0. The van der Waals surface area contributed by atoms with Crippen molar-refractivity contribution in [1.82, 2.24) is 0 Å². The van der Waals surface area contributed by atoms with Crippen molar-refractivity contribution < 1.29 is 14.8 Å². The van der Waals surface area contributed by atoms with Crippen LogP contribution in [-0.2, 0) is 6.54 Å². The Hall–Kier alpha value is -2.41. The van der Waals surface area contributed by atoms with E-state index in [1.165, 1.54) is 6.07 Å². The van der Waals surface area contributed by atoms with Crippen molar-refractivity contribution in [2.75, 3.05) is 5.32 Å². The number of benzene rings is 1. The third-order valence-electron chi connectivity index (χ3n) is 2.86. The van der Waals surface area contributed by atoms with E-state index < -0.39 is 10.9 Å². The molecule has 7 heteroatoms. The first-order valence-electron chi connectivity index (χ1n) is 5.77. The molecule has 2 N–H and O–H groups in total. The average Bonchev–Trinajstić information content (AvgIpc) is 2.90. The van der Waals surface area contributed by atoms with Crippen LogP contribution in [0.3, 0.4) is 0 Å². The SMILES string of the molecule is Cc1c(NCc2cccs2)cc(C(=O)O)cc1[N+](=O)[O-]. The summed E-state index contributed by atoms with van der Waals surface area (Å²) < 4.78 is 0. The Morgan fingerprint density at radius 2 is 2.25 bits per heavy atom. The summed E-state index contributed by atoms with van der Waals surface area (Å²) in [5, 5.41) is 25.0. The van der Waals surface area contributed by atoms with Gasteiger partial charge >= 0.3 is 5.97 Å². The number of nitrogens with one attached hydrogen (secondary N) is 1. The molecule has 0 fully saturated rings. The van der Waals surface area contributed by atoms with Crippen molar-refractivity contribution in [3.63, 3.8) is 0 Å². The van der Waals surface area contributed by atoms with Gasteiger partial charge in [-0.15, -0.1) is 11.3 Å². The van der Waals surface area contributed by atoms with Crippen molar-refractivity contribution in [3.05, 3.63) is 55.8 Å². The first-order valence-corrected chi connectivity index (χ1v) is 6.65. The van der Waals surface area contributed by atoms with Gasteiger partial charge in [-0.05, 0) is 24.4 Å². The Labute approximate surface area is 118 Å². The molecule has 0 aliphatic rings. The Kier molecular flexibility index (Phi) is 3.99. The lowest BCUT2D eigenvalue weighted by atomic mass is 10.1. The molecule has 0 saturated heterocycles. The van der Waals surface area contributed by atoms with Crippen molar-refractivity contribution >= 4 is 28.7 Å². The van der Waals surface area contributed by atoms with E-state index in [0.29, 0.717) is 17.8 Å². The van der Waals surface area contributed by atoms with Crippen LogP contribution in [0.5, 0.6) is 0 Å². The number of carbonyl (C=O) groups is 1. The van der Waals surface area contributed by atoms with E-state index in [4.69, 9.17) is 5.11 Å². The van der Waals surface area contributed by atoms with Gasteiger partial charge in [0.1, 0.15) is 0 Å². The lowest BCUT2D eigenvalue weighted by Crippen LogP contribution is -2.06. The monoisotopic (exact) mass is 292 g/mol. The molecule has 2 rings (SSSR count). The normalized spacial score (nSPS) is 10.2. The fourth-order valence-corrected chi connectivity index (χ4v) is 2.44. The summed E-state index contributed by atoms with van der Waals surface area (Å²) >= 11 is 1.56. The number of carboxylic acid groups (broad SMARTS) is 1. The van der Waals surface area contributed by atoms with E-state index in [-0.39, 0.29) is 11.3 Å². The number of nitro benzene ring substituents is 1. The third kappa shape index (κ3) is 2.94. The predicted molar refractivity (Wildman–Crippen MR) is 76.4 cm³/mol. The zero-order valence-corrected chi connectivity index (χ0v) is 11.4. The van der Waals surface area contributed by atoms with E-state index >= 15 is 0 Å². The van der Waals surface area contributed by atoms with Gasteiger partial charge in [-0.25, -0.2) is 4.79 Å². The van der Waals surface area contributed by atoms with Crippen molar-refractivity contribution in [2.24, 2.45) is 0 Å². The largest absolute Gasteiger partial charge is 0.478 e. The number of hydrogen-bond acceptors (Lipinski definition) is 5. The summed E-state index contributed by atoms with van der Waals surface area (Å²) in [5.41, 5.74) is 0.594. The van der Waals surface area contributed by atoms with Crippen LogP contribution >= 0.6 is 11.3 Å². The smallest absolute Gasteiger partial charge is 0.336 e. The molecule has 0 saturated carbocycles. The van der Waals surface area contributed by atoms with E-state index in [1.54, 1.807) is 18.3 Å². The molecular weight excluding hydrogens is 280 g/mol. The maximum atomic E-state index is 11.0. The maximum absolute atomic E-state index is 11.0. The lowest BCUT2D eigenvalue weighted by molar-refractivity contribution is -0.385. The minimum Gasteiger partial charge on any atom is -0.478 e. The molecule has 0 unspecified atom stereocenters. The highest BCUT2D eigenvalue weighted by Gasteiger charge is 2.18. The van der Waals surface area contributed by atoms with Crippen molar-refractivity contribution in [3.8, 4) is 0 Å². The van der Waals surface area contributed by atoms with Crippen LogP contribution in [0, 0.1) is 17.0 Å². The quantitative estimate of drug-likeness (QED) is 0.651. The second kappa shape index (κ2) is 5.70. The summed E-state index contributed by atoms with van der Waals surface area (Å²) in [4.78, 5) is 22.5. The standard InChI is InChI=1S/C13H12N2O4S/c1-8-11(14-7-10-3-2-4-20-10)5-9(13(16)17)6-12(8)15(18)19/h2-6,14H,7H2,1H3,(H,16,17). The Balaban J connectivity index is 2.35. The molecule has 20 heavy (non-hydrogen) atoms. The third-order valence-corrected chi connectivity index (χ3v) is 3.73. The summed E-state index contributed by atoms with van der Waals surface area (Å²) in [6, 6.07) is 6.33. The predicted octanol–water partition coefficient (Wildman–Crippen LogP) is 3.28. The highest BCUT2D eigenvalue weighted by atomic mass is 32.1. The number of carboxylic acids is 1. The van der Waals surface area contributed by atoms with Crippen LogP contribution in [0.1, 0.15) is 20.8 Å². The molecule has 2 aromatic rings. The van der Waals surface area contributed by atoms with Gasteiger partial charge in [-0.3, -0.25) is 10.1 Å². The molecule has 104 valence electrons. The fourth-order valence-electron chi connectivity index (χ4n) is 1.79. The van der Waals surface area contributed by atoms with Crippen LogP contribution in [0.15, 0.2) is 29.6 Å². The van der Waals surface area contributed by atoms with Gasteiger partial charge in [0, 0.05) is 28.7 Å². The molecule has 0 aliphatic carbocycles. The minimum absolute atomic E-state index is 0.101. The number of hydrogen-bond donors (Lipinski definition) is 2. The van der Waals surface area contributed by atoms with Gasteiger partial charge in [-0.2, -0.15) is 0 Å². The minimum atomic E-state index is -1.19. The van der Waals surface area contributed by atoms with Gasteiger partial charge in [0.2, 0.25) is 0 Å². The second-order valence-electron chi connectivity index (χ2n) is 4.16. The molecule has 0 amide bonds. The zero-order chi connectivity index (χ0) is 14.7. The maximum Gasteiger partial charge on any atom is 0.336 e. The number of nitro groups is 1. The van der Waals surface area contributed by atoms with Gasteiger partial charge in [-0.1, -0.05) is 6.07 Å². The first kappa shape index (κ1) is 14.0. The highest BCUT2D eigenvalue weighted by Crippen LogP contribution is 2.28. The molecule has 0 radical (unpaired) electrons. The summed E-state index contributed by atoms with van der Waals surface area (Å²) in [6.07, 6.45) is 0. The number of thiophene rings is 1. The van der Waals surface area contributed by atoms with Gasteiger partial charge in [0.05, 0.1) is 10.5 Å². The molecule has 0 atom stereocenters. The van der Waals surface area contributed by atoms with Crippen molar-refractivity contribution in [1.29, 1.82) is 0 Å². The average molecular weight is 292 g/mol. The first-order chi connectivity index (χ1) is 9.49. The van der Waals surface area contributed by atoms with Crippen LogP contribution in [0.4, 0.5) is 11.4 Å². The number of anilines is 1. The van der Waals surface area contributed by atoms with E-state index in [1.807, 2.05) is 17.5 Å². The Bertz CT molecular complexity index is 653. The molecule has 1 heterocycles. The molecule has 0 bridgehead atoms. The summed E-state index contributed by atoms with van der Waals surface area (Å²) in [6.45, 7) is 2.10. The van der Waals surface area contributed by atoms with E-state index in [9.17, 15) is 14.9 Å². The van der Waals surface area contributed by atoms with E-state index in [2.05, 4.69) is 5.32 Å². The fraction of sp³-hybridized carbons (Fsp3) is 0.154. The number of aromatic carboxylic acids is 1. The van der Waals surface area contributed by atoms with Crippen LogP contribution in [0.2, 0.25) is 0 Å². The van der Waals surface area contributed by atoms with Gasteiger partial charge in [0.25, 0.3) is 5.69 Å². The van der Waals surface area contributed by atoms with Gasteiger partial charge in [0.15, 0.2) is 0 Å². The number of rotatable bonds is 5. The van der Waals surface area contributed by atoms with Crippen molar-refractivity contribution in [2.45, 2.75) is 13.5 Å². The van der Waals surface area contributed by atoms with E-state index in [0.717, 1.165) is 10.9 Å². The lowest BCUT2D eigenvalue weighted by Gasteiger charge is -2.10. The number of nitrogens with zero attached hydrogens (tertiary/aromatic N) is 1. The van der Waals surface area contributed by atoms with Crippen LogP contribution in [-0.4, -0.2) is 16.0 Å². The van der Waals surface area contributed by atoms with Crippen LogP contribution in [0.25, 0.3) is 0 Å². The Morgan fingerprint density at radius 1 is 1.50 bits per heavy atom.